The summed E-state index contributed by atoms with van der Waals surface area (Å²) in [6.07, 6.45) is 1.26. The van der Waals surface area contributed by atoms with E-state index in [1.165, 1.54) is 0 Å². The first-order valence-electron chi connectivity index (χ1n) is 7.55. The molecule has 0 spiro atoms. The van der Waals surface area contributed by atoms with Gasteiger partial charge in [-0.3, -0.25) is 10.1 Å². The smallest absolute Gasteiger partial charge is 0.411 e. The minimum Gasteiger partial charge on any atom is -0.449 e. The summed E-state index contributed by atoms with van der Waals surface area (Å²) in [5.74, 6) is -0.513. The van der Waals surface area contributed by atoms with Crippen LogP contribution >= 0.6 is 0 Å². The zero-order valence-corrected chi connectivity index (χ0v) is 13.0. The van der Waals surface area contributed by atoms with Crippen LogP contribution in [0.2, 0.25) is 0 Å². The molecule has 0 saturated heterocycles. The van der Waals surface area contributed by atoms with E-state index < -0.39 is 12.0 Å². The molecular weight excluding hydrogens is 292 g/mol. The van der Waals surface area contributed by atoms with Crippen molar-refractivity contribution < 1.29 is 14.3 Å². The van der Waals surface area contributed by atoms with Gasteiger partial charge in [0.05, 0.1) is 12.3 Å². The van der Waals surface area contributed by atoms with E-state index in [0.717, 1.165) is 12.8 Å². The molecule has 0 radical (unpaired) electrons. The number of hydrogen-bond acceptors (Lipinski definition) is 3. The minimum absolute atomic E-state index is 0.377. The van der Waals surface area contributed by atoms with Gasteiger partial charge in [0.15, 0.2) is 0 Å². The van der Waals surface area contributed by atoms with Gasteiger partial charge in [-0.15, -0.1) is 0 Å². The van der Waals surface area contributed by atoms with Crippen molar-refractivity contribution in [2.45, 2.75) is 19.8 Å². The van der Waals surface area contributed by atoms with Crippen molar-refractivity contribution in [2.75, 3.05) is 11.9 Å². The second-order valence-corrected chi connectivity index (χ2v) is 5.07. The first-order chi connectivity index (χ1) is 11.1. The quantitative estimate of drug-likeness (QED) is 0.796. The zero-order valence-electron chi connectivity index (χ0n) is 13.0. The van der Waals surface area contributed by atoms with Crippen LogP contribution in [0.4, 0.5) is 10.5 Å². The van der Waals surface area contributed by atoms with E-state index in [1.807, 2.05) is 25.1 Å². The van der Waals surface area contributed by atoms with E-state index in [9.17, 15) is 9.59 Å². The van der Waals surface area contributed by atoms with Crippen LogP contribution in [0, 0.1) is 0 Å². The van der Waals surface area contributed by atoms with Crippen LogP contribution in [-0.4, -0.2) is 18.6 Å². The molecule has 5 nitrogen and oxygen atoms in total. The first-order valence-corrected chi connectivity index (χ1v) is 7.55. The van der Waals surface area contributed by atoms with Crippen LogP contribution in [-0.2, 0) is 4.74 Å². The molecule has 0 atom stereocenters. The molecule has 120 valence electrons. The number of rotatable bonds is 6. The van der Waals surface area contributed by atoms with Crippen LogP contribution < -0.4 is 11.1 Å². The number of hydrogen-bond donors (Lipinski definition) is 2. The molecule has 0 saturated carbocycles. The third-order valence-corrected chi connectivity index (χ3v) is 3.38. The summed E-state index contributed by atoms with van der Waals surface area (Å²) in [4.78, 5) is 23.5. The Labute approximate surface area is 135 Å². The van der Waals surface area contributed by atoms with E-state index in [4.69, 9.17) is 10.5 Å². The molecule has 0 aromatic heterocycles. The number of amides is 2. The predicted molar refractivity (Wildman–Crippen MR) is 90.3 cm³/mol. The monoisotopic (exact) mass is 312 g/mol. The highest BCUT2D eigenvalue weighted by Gasteiger charge is 2.14. The number of anilines is 1. The number of carbonyl (C=O) groups is 2. The number of para-hydroxylation sites is 1. The molecule has 0 fully saturated rings. The maximum absolute atomic E-state index is 11.9. The summed E-state index contributed by atoms with van der Waals surface area (Å²) in [5.41, 5.74) is 7.80. The van der Waals surface area contributed by atoms with Crippen LogP contribution in [0.1, 0.15) is 30.1 Å². The lowest BCUT2D eigenvalue weighted by Crippen LogP contribution is -2.16. The molecule has 0 aliphatic carbocycles. The van der Waals surface area contributed by atoms with Gasteiger partial charge in [-0.05, 0) is 24.1 Å². The maximum Gasteiger partial charge on any atom is 0.411 e. The summed E-state index contributed by atoms with van der Waals surface area (Å²) in [6.45, 7) is 2.40. The van der Waals surface area contributed by atoms with Crippen LogP contribution in [0.3, 0.4) is 0 Å². The van der Waals surface area contributed by atoms with Crippen molar-refractivity contribution >= 4 is 17.7 Å². The Kier molecular flexibility index (Phi) is 5.74. The molecule has 2 aromatic rings. The molecular formula is C18H20N2O3. The molecule has 2 aromatic carbocycles. The van der Waals surface area contributed by atoms with Gasteiger partial charge >= 0.3 is 6.09 Å². The molecule has 2 amide bonds. The summed E-state index contributed by atoms with van der Waals surface area (Å²) in [5, 5.41) is 2.72. The molecule has 23 heavy (non-hydrogen) atoms. The molecule has 0 aliphatic rings. The van der Waals surface area contributed by atoms with E-state index >= 15 is 0 Å². The van der Waals surface area contributed by atoms with Gasteiger partial charge in [-0.25, -0.2) is 4.79 Å². The lowest BCUT2D eigenvalue weighted by atomic mass is 9.98. The average molecular weight is 312 g/mol. The van der Waals surface area contributed by atoms with Gasteiger partial charge < -0.3 is 10.5 Å². The topological polar surface area (TPSA) is 81.4 Å². The van der Waals surface area contributed by atoms with Crippen molar-refractivity contribution in [1.29, 1.82) is 0 Å². The fourth-order valence-corrected chi connectivity index (χ4v) is 2.22. The van der Waals surface area contributed by atoms with Crippen LogP contribution in [0.15, 0.2) is 48.5 Å². The van der Waals surface area contributed by atoms with Gasteiger partial charge in [0.25, 0.3) is 0 Å². The van der Waals surface area contributed by atoms with E-state index in [2.05, 4.69) is 5.32 Å². The molecule has 0 heterocycles. The van der Waals surface area contributed by atoms with Crippen LogP contribution in [0.25, 0.3) is 11.1 Å². The molecule has 5 heteroatoms. The largest absolute Gasteiger partial charge is 0.449 e. The number of ether oxygens (including phenoxy) is 1. The maximum atomic E-state index is 11.9. The number of nitrogens with two attached hydrogens (primary N) is 1. The molecule has 0 bridgehead atoms. The zero-order chi connectivity index (χ0) is 16.7. The third kappa shape index (κ3) is 4.32. The first kappa shape index (κ1) is 16.5. The lowest BCUT2D eigenvalue weighted by Gasteiger charge is -2.13. The van der Waals surface area contributed by atoms with Crippen LogP contribution in [0.5, 0.6) is 0 Å². The fraction of sp³-hybridized carbons (Fsp3) is 0.222. The summed E-state index contributed by atoms with van der Waals surface area (Å²) in [6, 6.07) is 14.2. The molecule has 0 unspecified atom stereocenters. The fourth-order valence-electron chi connectivity index (χ4n) is 2.22. The highest BCUT2D eigenvalue weighted by Crippen LogP contribution is 2.30. The second-order valence-electron chi connectivity index (χ2n) is 5.07. The second kappa shape index (κ2) is 7.98. The number of unbranched alkanes of at least 4 members (excludes halogenated alkanes) is 1. The van der Waals surface area contributed by atoms with Crippen molar-refractivity contribution in [2.24, 2.45) is 5.73 Å². The van der Waals surface area contributed by atoms with E-state index in [1.54, 1.807) is 30.3 Å². The van der Waals surface area contributed by atoms with E-state index in [0.29, 0.717) is 29.0 Å². The Morgan fingerprint density at radius 2 is 1.70 bits per heavy atom. The van der Waals surface area contributed by atoms with E-state index in [-0.39, 0.29) is 0 Å². The van der Waals surface area contributed by atoms with Gasteiger partial charge in [0.1, 0.15) is 0 Å². The molecule has 0 aliphatic heterocycles. The summed E-state index contributed by atoms with van der Waals surface area (Å²) < 4.78 is 5.11. The van der Waals surface area contributed by atoms with Gasteiger partial charge in [0.2, 0.25) is 5.91 Å². The number of primary amides is 1. The van der Waals surface area contributed by atoms with Gasteiger partial charge in [0, 0.05) is 11.1 Å². The van der Waals surface area contributed by atoms with Gasteiger partial charge in [-0.1, -0.05) is 49.7 Å². The molecule has 2 rings (SSSR count). The Hall–Kier alpha value is -2.82. The number of nitrogens with one attached hydrogen (secondary N) is 1. The minimum atomic E-state index is -0.513. The Morgan fingerprint density at radius 3 is 2.39 bits per heavy atom. The standard InChI is InChI=1S/C18H20N2O3/c1-2-3-12-23-18(22)20-16-11-7-6-9-14(16)13-8-4-5-10-15(13)17(19)21/h4-11H,2-3,12H2,1H3,(H2,19,21)(H,20,22). The van der Waals surface area contributed by atoms with Crippen molar-refractivity contribution in [3.05, 3.63) is 54.1 Å². The Bertz CT molecular complexity index is 698. The average Bonchev–Trinajstić information content (AvgIpc) is 2.55. The Balaban J connectivity index is 2.28. The van der Waals surface area contributed by atoms with Crippen molar-refractivity contribution in [3.8, 4) is 11.1 Å². The highest BCUT2D eigenvalue weighted by atomic mass is 16.5. The van der Waals surface area contributed by atoms with Crippen molar-refractivity contribution in [3.63, 3.8) is 0 Å². The third-order valence-electron chi connectivity index (χ3n) is 3.38. The lowest BCUT2D eigenvalue weighted by molar-refractivity contribution is 0.100. The number of benzene rings is 2. The SMILES string of the molecule is CCCCOC(=O)Nc1ccccc1-c1ccccc1C(N)=O. The van der Waals surface area contributed by atoms with Gasteiger partial charge in [-0.2, -0.15) is 0 Å². The highest BCUT2D eigenvalue weighted by molar-refractivity contribution is 6.02. The normalized spacial score (nSPS) is 10.1. The summed E-state index contributed by atoms with van der Waals surface area (Å²) >= 11 is 0. The Morgan fingerprint density at radius 1 is 1.04 bits per heavy atom. The summed E-state index contributed by atoms with van der Waals surface area (Å²) in [7, 11) is 0. The predicted octanol–water partition coefficient (Wildman–Crippen LogP) is 3.80. The number of carbonyl (C=O) groups excluding carboxylic acids is 2. The van der Waals surface area contributed by atoms with Crippen molar-refractivity contribution in [1.82, 2.24) is 0 Å². The molecule has 3 N–H and O–H groups in total.